The first-order valence-corrected chi connectivity index (χ1v) is 7.71. The van der Waals surface area contributed by atoms with E-state index in [1.807, 2.05) is 6.92 Å². The molecule has 1 aromatic carbocycles. The summed E-state index contributed by atoms with van der Waals surface area (Å²) < 4.78 is 20.3. The Morgan fingerprint density at radius 1 is 1.43 bits per heavy atom. The number of halogens is 1. The molecule has 23 heavy (non-hydrogen) atoms. The van der Waals surface area contributed by atoms with Crippen LogP contribution in [-0.4, -0.2) is 22.8 Å². The smallest absolute Gasteiger partial charge is 0.225 e. The highest BCUT2D eigenvalue weighted by Crippen LogP contribution is 2.19. The van der Waals surface area contributed by atoms with Crippen molar-refractivity contribution in [2.75, 3.05) is 12.4 Å². The van der Waals surface area contributed by atoms with E-state index in [0.717, 1.165) is 12.0 Å². The number of carbonyl (C=O) groups is 1. The van der Waals surface area contributed by atoms with Crippen LogP contribution in [0.15, 0.2) is 30.5 Å². The Labute approximate surface area is 135 Å². The van der Waals surface area contributed by atoms with Crippen molar-refractivity contribution in [3.8, 4) is 5.75 Å². The van der Waals surface area contributed by atoms with Gasteiger partial charge in [0.05, 0.1) is 19.3 Å². The fraction of sp³-hybridized carbons (Fsp3) is 0.412. The van der Waals surface area contributed by atoms with Crippen LogP contribution in [0.5, 0.6) is 5.75 Å². The molecule has 2 aromatic rings. The number of hydrogen-bond acceptors (Lipinski definition) is 3. The molecule has 1 N–H and O–H groups in total. The lowest BCUT2D eigenvalue weighted by molar-refractivity contribution is -0.116. The molecule has 0 saturated carbocycles. The third-order valence-corrected chi connectivity index (χ3v) is 3.80. The van der Waals surface area contributed by atoms with Crippen LogP contribution in [0.4, 0.5) is 10.2 Å². The minimum atomic E-state index is -0.416. The average Bonchev–Trinajstić information content (AvgIpc) is 3.00. The highest BCUT2D eigenvalue weighted by Gasteiger charge is 2.11. The Morgan fingerprint density at radius 3 is 2.87 bits per heavy atom. The summed E-state index contributed by atoms with van der Waals surface area (Å²) in [6.07, 6.45) is 3.33. The van der Waals surface area contributed by atoms with Crippen LogP contribution in [-0.2, 0) is 11.2 Å². The zero-order valence-corrected chi connectivity index (χ0v) is 13.7. The summed E-state index contributed by atoms with van der Waals surface area (Å²) in [5, 5.41) is 7.08. The first-order valence-electron chi connectivity index (χ1n) is 7.71. The summed E-state index contributed by atoms with van der Waals surface area (Å²) in [6, 6.07) is 6.72. The minimum Gasteiger partial charge on any atom is -0.494 e. The number of ether oxygens (including phenoxy) is 1. The molecular formula is C17H22FN3O2. The van der Waals surface area contributed by atoms with Crippen LogP contribution in [0, 0.1) is 5.82 Å². The summed E-state index contributed by atoms with van der Waals surface area (Å²) in [7, 11) is 1.42. The van der Waals surface area contributed by atoms with Crippen molar-refractivity contribution >= 4 is 11.7 Å². The molecule has 2 rings (SSSR count). The highest BCUT2D eigenvalue weighted by molar-refractivity contribution is 5.89. The predicted molar refractivity (Wildman–Crippen MR) is 87.1 cm³/mol. The van der Waals surface area contributed by atoms with Gasteiger partial charge in [-0.3, -0.25) is 4.79 Å². The summed E-state index contributed by atoms with van der Waals surface area (Å²) in [5.74, 6) is 0.354. The summed E-state index contributed by atoms with van der Waals surface area (Å²) in [4.78, 5) is 12.1. The molecule has 1 atom stereocenters. The maximum absolute atomic E-state index is 13.6. The quantitative estimate of drug-likeness (QED) is 0.849. The van der Waals surface area contributed by atoms with Crippen LogP contribution in [0.3, 0.4) is 0 Å². The van der Waals surface area contributed by atoms with Gasteiger partial charge >= 0.3 is 0 Å². The topological polar surface area (TPSA) is 56.2 Å². The van der Waals surface area contributed by atoms with E-state index in [1.165, 1.54) is 13.2 Å². The van der Waals surface area contributed by atoms with Gasteiger partial charge in [-0.1, -0.05) is 13.0 Å². The summed E-state index contributed by atoms with van der Waals surface area (Å²) in [6.45, 7) is 4.11. The van der Waals surface area contributed by atoms with Crippen molar-refractivity contribution in [2.45, 2.75) is 39.2 Å². The zero-order valence-electron chi connectivity index (χ0n) is 13.7. The third kappa shape index (κ3) is 4.31. The van der Waals surface area contributed by atoms with Crippen molar-refractivity contribution in [2.24, 2.45) is 0 Å². The zero-order chi connectivity index (χ0) is 16.8. The van der Waals surface area contributed by atoms with E-state index in [9.17, 15) is 9.18 Å². The van der Waals surface area contributed by atoms with E-state index in [0.29, 0.717) is 12.2 Å². The maximum Gasteiger partial charge on any atom is 0.225 e. The van der Waals surface area contributed by atoms with Crippen molar-refractivity contribution in [1.82, 2.24) is 9.78 Å². The molecule has 1 heterocycles. The molecular weight excluding hydrogens is 297 g/mol. The Balaban J connectivity index is 1.93. The number of carbonyl (C=O) groups excluding carboxylic acids is 1. The second-order valence-electron chi connectivity index (χ2n) is 5.44. The van der Waals surface area contributed by atoms with Gasteiger partial charge in [0.2, 0.25) is 5.91 Å². The fourth-order valence-electron chi connectivity index (χ4n) is 2.27. The maximum atomic E-state index is 13.6. The van der Waals surface area contributed by atoms with Crippen molar-refractivity contribution in [3.05, 3.63) is 41.8 Å². The van der Waals surface area contributed by atoms with E-state index in [-0.39, 0.29) is 24.1 Å². The molecule has 1 aromatic heterocycles. The van der Waals surface area contributed by atoms with E-state index in [4.69, 9.17) is 4.74 Å². The highest BCUT2D eigenvalue weighted by atomic mass is 19.1. The molecule has 6 heteroatoms. The van der Waals surface area contributed by atoms with Gasteiger partial charge in [-0.05, 0) is 37.5 Å². The Hall–Kier alpha value is -2.37. The van der Waals surface area contributed by atoms with E-state index < -0.39 is 5.82 Å². The summed E-state index contributed by atoms with van der Waals surface area (Å²) in [5.41, 5.74) is 0.758. The van der Waals surface area contributed by atoms with Crippen LogP contribution in [0.1, 0.15) is 38.3 Å². The van der Waals surface area contributed by atoms with Gasteiger partial charge in [-0.25, -0.2) is 9.07 Å². The number of hydrogen-bond donors (Lipinski definition) is 1. The van der Waals surface area contributed by atoms with Crippen molar-refractivity contribution in [3.63, 3.8) is 0 Å². The van der Waals surface area contributed by atoms with Crippen LogP contribution in [0.2, 0.25) is 0 Å². The predicted octanol–water partition coefficient (Wildman–Crippen LogP) is 3.57. The molecule has 0 fully saturated rings. The standard InChI is InChI=1S/C17H22FN3O2/c1-4-12(2)21-16(9-10-19-21)20-17(22)8-6-13-5-7-15(23-3)14(18)11-13/h5,7,9-12H,4,6,8H2,1-3H3,(H,20,22). The number of nitrogens with zero attached hydrogens (tertiary/aromatic N) is 2. The number of aromatic nitrogens is 2. The minimum absolute atomic E-state index is 0.119. The fourth-order valence-corrected chi connectivity index (χ4v) is 2.27. The second-order valence-corrected chi connectivity index (χ2v) is 5.44. The Morgan fingerprint density at radius 2 is 2.22 bits per heavy atom. The molecule has 0 radical (unpaired) electrons. The molecule has 1 unspecified atom stereocenters. The molecule has 0 aliphatic carbocycles. The van der Waals surface area contributed by atoms with Crippen LogP contribution < -0.4 is 10.1 Å². The monoisotopic (exact) mass is 319 g/mol. The van der Waals surface area contributed by atoms with Crippen LogP contribution >= 0.6 is 0 Å². The molecule has 124 valence electrons. The first kappa shape index (κ1) is 17.0. The van der Waals surface area contributed by atoms with Gasteiger partial charge in [0.25, 0.3) is 0 Å². The van der Waals surface area contributed by atoms with Gasteiger partial charge in [-0.2, -0.15) is 5.10 Å². The van der Waals surface area contributed by atoms with Gasteiger partial charge in [0, 0.05) is 12.5 Å². The number of aryl methyl sites for hydroxylation is 1. The second kappa shape index (κ2) is 7.76. The SMILES string of the molecule is CCC(C)n1nccc1NC(=O)CCc1ccc(OC)c(F)c1. The van der Waals surface area contributed by atoms with Gasteiger partial charge in [-0.15, -0.1) is 0 Å². The van der Waals surface area contributed by atoms with Crippen LogP contribution in [0.25, 0.3) is 0 Å². The van der Waals surface area contributed by atoms with E-state index in [1.54, 1.807) is 29.1 Å². The first-order chi connectivity index (χ1) is 11.0. The molecule has 1 amide bonds. The number of nitrogens with one attached hydrogen (secondary N) is 1. The van der Waals surface area contributed by atoms with Crippen molar-refractivity contribution < 1.29 is 13.9 Å². The normalized spacial score (nSPS) is 12.0. The lowest BCUT2D eigenvalue weighted by atomic mass is 10.1. The van der Waals surface area contributed by atoms with E-state index in [2.05, 4.69) is 17.3 Å². The average molecular weight is 319 g/mol. The lowest BCUT2D eigenvalue weighted by Crippen LogP contribution is -2.17. The molecule has 0 saturated heterocycles. The molecule has 0 aliphatic rings. The Bertz CT molecular complexity index is 670. The lowest BCUT2D eigenvalue weighted by Gasteiger charge is -2.14. The molecule has 0 spiro atoms. The number of rotatable bonds is 7. The molecule has 5 nitrogen and oxygen atoms in total. The largest absolute Gasteiger partial charge is 0.494 e. The number of methoxy groups -OCH3 is 1. The van der Waals surface area contributed by atoms with Gasteiger partial charge in [0.1, 0.15) is 5.82 Å². The van der Waals surface area contributed by atoms with E-state index >= 15 is 0 Å². The van der Waals surface area contributed by atoms with Gasteiger partial charge in [0.15, 0.2) is 11.6 Å². The van der Waals surface area contributed by atoms with Gasteiger partial charge < -0.3 is 10.1 Å². The number of amides is 1. The van der Waals surface area contributed by atoms with Crippen molar-refractivity contribution in [1.29, 1.82) is 0 Å². The number of benzene rings is 1. The molecule has 0 aliphatic heterocycles. The third-order valence-electron chi connectivity index (χ3n) is 3.80. The number of anilines is 1. The Kier molecular flexibility index (Phi) is 5.73. The molecule has 0 bridgehead atoms. The summed E-state index contributed by atoms with van der Waals surface area (Å²) >= 11 is 0.